The van der Waals surface area contributed by atoms with Gasteiger partial charge in [0.1, 0.15) is 6.61 Å². The molecule has 1 rings (SSSR count). The molecule has 0 fully saturated rings. The van der Waals surface area contributed by atoms with Gasteiger partial charge in [0.05, 0.1) is 11.5 Å². The minimum Gasteiger partial charge on any atom is -0.371 e. The molecule has 0 saturated heterocycles. The zero-order valence-electron chi connectivity index (χ0n) is 11.4. The zero-order chi connectivity index (χ0) is 15.9. The number of rotatable bonds is 9. The zero-order valence-corrected chi connectivity index (χ0v) is 13.0. The number of halogens is 3. The molecule has 2 N–H and O–H groups in total. The molecule has 0 aromatic carbocycles. The van der Waals surface area contributed by atoms with E-state index in [9.17, 15) is 21.6 Å². The van der Waals surface area contributed by atoms with Crippen molar-refractivity contribution in [2.24, 2.45) is 0 Å². The van der Waals surface area contributed by atoms with Gasteiger partial charge in [0.2, 0.25) is 10.0 Å². The Morgan fingerprint density at radius 2 is 2.10 bits per heavy atom. The lowest BCUT2D eigenvalue weighted by molar-refractivity contribution is -0.173. The van der Waals surface area contributed by atoms with Crippen LogP contribution in [-0.2, 0) is 21.3 Å². The Hall–Kier alpha value is -0.680. The predicted octanol–water partition coefficient (Wildman–Crippen LogP) is 1.71. The normalized spacial score (nSPS) is 12.8. The third-order valence-electron chi connectivity index (χ3n) is 2.29. The lowest BCUT2D eigenvalue weighted by Gasteiger charge is -2.08. The van der Waals surface area contributed by atoms with Crippen molar-refractivity contribution in [3.8, 4) is 0 Å². The lowest BCUT2D eigenvalue weighted by atomic mass is 10.4. The van der Waals surface area contributed by atoms with E-state index < -0.39 is 22.8 Å². The Bertz CT molecular complexity index is 529. The largest absolute Gasteiger partial charge is 0.411 e. The maximum atomic E-state index is 11.9. The summed E-state index contributed by atoms with van der Waals surface area (Å²) in [5.74, 6) is 0. The molecule has 122 valence electrons. The Morgan fingerprint density at radius 1 is 1.38 bits per heavy atom. The van der Waals surface area contributed by atoms with E-state index in [-0.39, 0.29) is 18.0 Å². The first-order valence-electron chi connectivity index (χ1n) is 6.17. The van der Waals surface area contributed by atoms with Crippen molar-refractivity contribution in [2.75, 3.05) is 26.3 Å². The van der Waals surface area contributed by atoms with E-state index in [0.717, 1.165) is 11.4 Å². The van der Waals surface area contributed by atoms with E-state index in [4.69, 9.17) is 0 Å². The van der Waals surface area contributed by atoms with Crippen LogP contribution < -0.4 is 10.0 Å². The van der Waals surface area contributed by atoms with Crippen LogP contribution in [0.4, 0.5) is 13.2 Å². The highest BCUT2D eigenvalue weighted by Crippen LogP contribution is 2.19. The molecule has 10 heteroatoms. The molecular formula is C11H17F3N2O3S2. The summed E-state index contributed by atoms with van der Waals surface area (Å²) in [7, 11) is -3.71. The average molecular weight is 346 g/mol. The first-order chi connectivity index (χ1) is 9.74. The van der Waals surface area contributed by atoms with Gasteiger partial charge in [0, 0.05) is 23.3 Å². The summed E-state index contributed by atoms with van der Waals surface area (Å²) in [5, 5.41) is 4.56. The highest BCUT2D eigenvalue weighted by molar-refractivity contribution is 7.89. The van der Waals surface area contributed by atoms with Crippen LogP contribution in [0.15, 0.2) is 16.3 Å². The highest BCUT2D eigenvalue weighted by Gasteiger charge is 2.27. The Kier molecular flexibility index (Phi) is 7.07. The molecule has 5 nitrogen and oxygen atoms in total. The molecule has 1 heterocycles. The number of alkyl halides is 3. The maximum Gasteiger partial charge on any atom is 0.411 e. The molecule has 1 aromatic heterocycles. The van der Waals surface area contributed by atoms with Crippen molar-refractivity contribution in [3.63, 3.8) is 0 Å². The molecule has 0 aliphatic carbocycles. The summed E-state index contributed by atoms with van der Waals surface area (Å²) in [6.45, 7) is 1.35. The van der Waals surface area contributed by atoms with Gasteiger partial charge in [-0.25, -0.2) is 13.1 Å². The van der Waals surface area contributed by atoms with Gasteiger partial charge in [-0.15, -0.1) is 11.3 Å². The standard InChI is InChI=1S/C11H17F3N2O3S2/c1-2-15-6-9-5-10(7-20-9)21(17,18)16-3-4-19-8-11(12,13)14/h5,7,15-16H,2-4,6,8H2,1H3. The average Bonchev–Trinajstić information content (AvgIpc) is 2.84. The van der Waals surface area contributed by atoms with Crippen LogP contribution in [0.3, 0.4) is 0 Å². The van der Waals surface area contributed by atoms with Gasteiger partial charge in [-0.05, 0) is 12.6 Å². The Morgan fingerprint density at radius 3 is 2.71 bits per heavy atom. The predicted molar refractivity (Wildman–Crippen MR) is 73.8 cm³/mol. The summed E-state index contributed by atoms with van der Waals surface area (Å²) < 4.78 is 65.7. The molecule has 0 unspecified atom stereocenters. The van der Waals surface area contributed by atoms with Gasteiger partial charge in [-0.3, -0.25) is 0 Å². The van der Waals surface area contributed by atoms with Crippen LogP contribution in [0.2, 0.25) is 0 Å². The number of hydrogen-bond acceptors (Lipinski definition) is 5. The lowest BCUT2D eigenvalue weighted by Crippen LogP contribution is -2.28. The van der Waals surface area contributed by atoms with Crippen LogP contribution in [0.1, 0.15) is 11.8 Å². The van der Waals surface area contributed by atoms with E-state index in [2.05, 4.69) is 14.8 Å². The smallest absolute Gasteiger partial charge is 0.371 e. The fraction of sp³-hybridized carbons (Fsp3) is 0.636. The SMILES string of the molecule is CCNCc1cc(S(=O)(=O)NCCOCC(F)(F)F)cs1. The Balaban J connectivity index is 2.41. The van der Waals surface area contributed by atoms with Gasteiger partial charge in [-0.2, -0.15) is 13.2 Å². The van der Waals surface area contributed by atoms with Crippen molar-refractivity contribution in [1.82, 2.24) is 10.0 Å². The van der Waals surface area contributed by atoms with Crippen molar-refractivity contribution < 1.29 is 26.3 Å². The van der Waals surface area contributed by atoms with Crippen LogP contribution in [0.25, 0.3) is 0 Å². The molecule has 0 aliphatic heterocycles. The van der Waals surface area contributed by atoms with Crippen LogP contribution in [0.5, 0.6) is 0 Å². The van der Waals surface area contributed by atoms with Crippen molar-refractivity contribution in [2.45, 2.75) is 24.5 Å². The minimum atomic E-state index is -4.41. The van der Waals surface area contributed by atoms with Gasteiger partial charge >= 0.3 is 6.18 Å². The van der Waals surface area contributed by atoms with Gasteiger partial charge in [0.15, 0.2) is 0 Å². The van der Waals surface area contributed by atoms with Gasteiger partial charge < -0.3 is 10.1 Å². The molecule has 1 aromatic rings. The van der Waals surface area contributed by atoms with E-state index in [0.29, 0.717) is 6.54 Å². The van der Waals surface area contributed by atoms with Crippen LogP contribution >= 0.6 is 11.3 Å². The summed E-state index contributed by atoms with van der Waals surface area (Å²) in [6, 6.07) is 1.53. The van der Waals surface area contributed by atoms with Crippen molar-refractivity contribution >= 4 is 21.4 Å². The summed E-state index contributed by atoms with van der Waals surface area (Å²) in [6.07, 6.45) is -4.41. The third-order valence-corrected chi connectivity index (χ3v) is 4.82. The highest BCUT2D eigenvalue weighted by atomic mass is 32.2. The first-order valence-corrected chi connectivity index (χ1v) is 8.53. The van der Waals surface area contributed by atoms with Crippen molar-refractivity contribution in [1.29, 1.82) is 0 Å². The summed E-state index contributed by atoms with van der Waals surface area (Å²) in [4.78, 5) is 0.974. The van der Waals surface area contributed by atoms with E-state index in [1.165, 1.54) is 22.8 Å². The number of hydrogen-bond donors (Lipinski definition) is 2. The van der Waals surface area contributed by atoms with Crippen LogP contribution in [-0.4, -0.2) is 40.9 Å². The first kappa shape index (κ1) is 18.4. The quantitative estimate of drug-likeness (QED) is 0.668. The molecular weight excluding hydrogens is 329 g/mol. The monoisotopic (exact) mass is 346 g/mol. The number of sulfonamides is 1. The fourth-order valence-corrected chi connectivity index (χ4v) is 3.62. The number of thiophene rings is 1. The topological polar surface area (TPSA) is 67.4 Å². The summed E-state index contributed by atoms with van der Waals surface area (Å²) in [5.41, 5.74) is 0. The van der Waals surface area contributed by atoms with Crippen LogP contribution in [0, 0.1) is 0 Å². The molecule has 21 heavy (non-hydrogen) atoms. The second-order valence-corrected chi connectivity index (χ2v) is 6.86. The number of ether oxygens (including phenoxy) is 1. The molecule has 0 aliphatic rings. The van der Waals surface area contributed by atoms with Gasteiger partial charge in [0.25, 0.3) is 0 Å². The molecule has 0 radical (unpaired) electrons. The molecule has 0 spiro atoms. The third kappa shape index (κ3) is 7.23. The molecule has 0 atom stereocenters. The maximum absolute atomic E-state index is 11.9. The van der Waals surface area contributed by atoms with Crippen molar-refractivity contribution in [3.05, 3.63) is 16.3 Å². The van der Waals surface area contributed by atoms with E-state index >= 15 is 0 Å². The second kappa shape index (κ2) is 8.08. The van der Waals surface area contributed by atoms with Gasteiger partial charge in [-0.1, -0.05) is 6.92 Å². The molecule has 0 amide bonds. The second-order valence-electron chi connectivity index (χ2n) is 4.09. The summed E-state index contributed by atoms with van der Waals surface area (Å²) >= 11 is 1.30. The number of nitrogens with one attached hydrogen (secondary N) is 2. The molecule has 0 bridgehead atoms. The van der Waals surface area contributed by atoms with E-state index in [1.807, 2.05) is 6.92 Å². The minimum absolute atomic E-state index is 0.108. The Labute approximate surface area is 125 Å². The fourth-order valence-electron chi connectivity index (χ4n) is 1.36. The molecule has 0 saturated carbocycles. The van der Waals surface area contributed by atoms with E-state index in [1.54, 1.807) is 0 Å².